The number of thiol groups is 2. The number of para-hydroxylation sites is 4. The van der Waals surface area contributed by atoms with Gasteiger partial charge in [-0.3, -0.25) is 0 Å². The van der Waals surface area contributed by atoms with Crippen LogP contribution in [0.3, 0.4) is 0 Å². The molecule has 0 bridgehead atoms. The van der Waals surface area contributed by atoms with E-state index in [0.717, 1.165) is 71.5 Å². The van der Waals surface area contributed by atoms with Gasteiger partial charge in [-0.1, -0.05) is 107 Å². The summed E-state index contributed by atoms with van der Waals surface area (Å²) >= 11 is 8.67. The van der Waals surface area contributed by atoms with Crippen molar-refractivity contribution in [1.29, 1.82) is 0 Å². The summed E-state index contributed by atoms with van der Waals surface area (Å²) in [5, 5.41) is 0. The Labute approximate surface area is 287 Å². The fourth-order valence-corrected chi connectivity index (χ4v) is 7.01. The lowest BCUT2D eigenvalue weighted by atomic mass is 10.1. The molecular formula is C39H53N5S2. The van der Waals surface area contributed by atoms with Gasteiger partial charge in [0.1, 0.15) is 11.4 Å². The van der Waals surface area contributed by atoms with Crippen LogP contribution in [-0.2, 0) is 13.1 Å². The molecule has 3 aromatic heterocycles. The van der Waals surface area contributed by atoms with E-state index in [-0.39, 0.29) is 0 Å². The highest BCUT2D eigenvalue weighted by Crippen LogP contribution is 2.29. The molecule has 0 N–H and O–H groups in total. The van der Waals surface area contributed by atoms with Gasteiger partial charge in [-0.25, -0.2) is 15.0 Å². The molecule has 0 aliphatic heterocycles. The third kappa shape index (κ3) is 9.63. The van der Waals surface area contributed by atoms with E-state index >= 15 is 0 Å². The number of hydrogen-bond acceptors (Lipinski definition) is 5. The molecule has 46 heavy (non-hydrogen) atoms. The van der Waals surface area contributed by atoms with Gasteiger partial charge in [0, 0.05) is 13.1 Å². The molecule has 246 valence electrons. The smallest absolute Gasteiger partial charge is 0.159 e. The van der Waals surface area contributed by atoms with Gasteiger partial charge in [0.05, 0.1) is 22.1 Å². The summed E-state index contributed by atoms with van der Waals surface area (Å²) in [4.78, 5) is 15.4. The fraction of sp³-hybridized carbons (Fsp3) is 0.513. The van der Waals surface area contributed by atoms with E-state index in [0.29, 0.717) is 0 Å². The number of pyridine rings is 1. The molecule has 0 amide bonds. The number of imidazole rings is 2. The molecule has 0 aliphatic carbocycles. The van der Waals surface area contributed by atoms with Crippen LogP contribution in [0.1, 0.15) is 103 Å². The topological polar surface area (TPSA) is 48.5 Å². The maximum Gasteiger partial charge on any atom is 0.159 e. The van der Waals surface area contributed by atoms with Crippen LogP contribution in [-0.4, -0.2) is 35.6 Å². The van der Waals surface area contributed by atoms with Crippen molar-refractivity contribution >= 4 is 47.3 Å². The van der Waals surface area contributed by atoms with Crippen molar-refractivity contribution in [2.45, 2.75) is 116 Å². The quantitative estimate of drug-likeness (QED) is 0.0576. The molecule has 5 aromatic rings. The van der Waals surface area contributed by atoms with E-state index in [1.807, 2.05) is 0 Å². The minimum absolute atomic E-state index is 0.911. The molecule has 0 spiro atoms. The molecule has 5 nitrogen and oxygen atoms in total. The summed E-state index contributed by atoms with van der Waals surface area (Å²) in [6.45, 7) is 1.91. The van der Waals surface area contributed by atoms with E-state index in [4.69, 9.17) is 15.0 Å². The van der Waals surface area contributed by atoms with Crippen LogP contribution >= 0.6 is 25.3 Å². The monoisotopic (exact) mass is 655 g/mol. The van der Waals surface area contributed by atoms with Crippen molar-refractivity contribution < 1.29 is 0 Å². The second kappa shape index (κ2) is 19.1. The van der Waals surface area contributed by atoms with E-state index in [2.05, 4.69) is 101 Å². The predicted octanol–water partition coefficient (Wildman–Crippen LogP) is 11.2. The lowest BCUT2D eigenvalue weighted by molar-refractivity contribution is 0.549. The Morgan fingerprint density at radius 2 is 0.761 bits per heavy atom. The first-order chi connectivity index (χ1) is 22.8. The van der Waals surface area contributed by atoms with Crippen molar-refractivity contribution in [3.05, 3.63) is 66.7 Å². The minimum Gasteiger partial charge on any atom is -0.323 e. The third-order valence-electron chi connectivity index (χ3n) is 9.10. The zero-order valence-electron chi connectivity index (χ0n) is 27.6. The van der Waals surface area contributed by atoms with Crippen LogP contribution in [0.2, 0.25) is 0 Å². The van der Waals surface area contributed by atoms with Crippen molar-refractivity contribution in [3.8, 4) is 23.0 Å². The molecule has 0 unspecified atom stereocenters. The fourth-order valence-electron chi connectivity index (χ4n) is 6.56. The molecule has 0 atom stereocenters. The molecule has 0 aliphatic rings. The van der Waals surface area contributed by atoms with Gasteiger partial charge in [0.2, 0.25) is 0 Å². The van der Waals surface area contributed by atoms with Crippen LogP contribution < -0.4 is 0 Å². The van der Waals surface area contributed by atoms with Gasteiger partial charge in [0.25, 0.3) is 0 Å². The van der Waals surface area contributed by atoms with Crippen LogP contribution in [0.25, 0.3) is 45.1 Å². The number of aromatic nitrogens is 5. The van der Waals surface area contributed by atoms with E-state index in [1.165, 1.54) is 101 Å². The van der Waals surface area contributed by atoms with Gasteiger partial charge >= 0.3 is 0 Å². The number of nitrogens with zero attached hydrogens (tertiary/aromatic N) is 5. The first-order valence-corrected chi connectivity index (χ1v) is 19.2. The van der Waals surface area contributed by atoms with Crippen LogP contribution in [0.5, 0.6) is 0 Å². The van der Waals surface area contributed by atoms with Crippen molar-refractivity contribution in [2.75, 3.05) is 11.5 Å². The van der Waals surface area contributed by atoms with Gasteiger partial charge in [-0.2, -0.15) is 25.3 Å². The van der Waals surface area contributed by atoms with Crippen LogP contribution in [0.4, 0.5) is 0 Å². The molecule has 0 saturated heterocycles. The normalized spacial score (nSPS) is 11.7. The number of rotatable bonds is 22. The molecule has 0 radical (unpaired) electrons. The summed E-state index contributed by atoms with van der Waals surface area (Å²) in [6.07, 6.45) is 20.5. The average Bonchev–Trinajstić information content (AvgIpc) is 3.65. The SMILES string of the molecule is SCCCCCCCCCCn1c(-c2cccc(-c3nc4ccccc4n3CCCCCCCCCCS)n2)nc2ccccc21. The largest absolute Gasteiger partial charge is 0.323 e. The van der Waals surface area contributed by atoms with Crippen LogP contribution in [0, 0.1) is 0 Å². The van der Waals surface area contributed by atoms with E-state index in [9.17, 15) is 0 Å². The zero-order chi connectivity index (χ0) is 31.8. The molecule has 7 heteroatoms. The molecule has 5 rings (SSSR count). The maximum absolute atomic E-state index is 5.23. The Balaban J connectivity index is 1.29. The summed E-state index contributed by atoms with van der Waals surface area (Å²) < 4.78 is 4.77. The van der Waals surface area contributed by atoms with Gasteiger partial charge in [-0.05, 0) is 73.6 Å². The highest BCUT2D eigenvalue weighted by atomic mass is 32.1. The number of unbranched alkanes of at least 4 members (excludes halogenated alkanes) is 14. The van der Waals surface area contributed by atoms with E-state index < -0.39 is 0 Å². The lowest BCUT2D eigenvalue weighted by Crippen LogP contribution is -2.04. The molecule has 3 heterocycles. The van der Waals surface area contributed by atoms with Crippen molar-refractivity contribution in [2.24, 2.45) is 0 Å². The Hall–Kier alpha value is -2.77. The number of benzene rings is 2. The Bertz CT molecular complexity index is 1490. The first-order valence-electron chi connectivity index (χ1n) is 17.9. The zero-order valence-corrected chi connectivity index (χ0v) is 29.4. The Morgan fingerprint density at radius 3 is 1.17 bits per heavy atom. The Morgan fingerprint density at radius 1 is 0.391 bits per heavy atom. The second-order valence-electron chi connectivity index (χ2n) is 12.7. The first kappa shape index (κ1) is 34.6. The Kier molecular flexibility index (Phi) is 14.4. The second-order valence-corrected chi connectivity index (χ2v) is 13.6. The predicted molar refractivity (Wildman–Crippen MR) is 203 cm³/mol. The molecular weight excluding hydrogens is 603 g/mol. The third-order valence-corrected chi connectivity index (χ3v) is 9.73. The van der Waals surface area contributed by atoms with Crippen LogP contribution in [0.15, 0.2) is 66.7 Å². The number of hydrogen-bond donors (Lipinski definition) is 2. The summed E-state index contributed by atoms with van der Waals surface area (Å²) in [6, 6.07) is 23.3. The van der Waals surface area contributed by atoms with Gasteiger partial charge < -0.3 is 9.13 Å². The molecule has 2 aromatic carbocycles. The standard InChI is InChI=1S/C39H53N5S2/c45-30-19-11-7-3-1-5-9-17-28-43-36-26-15-13-22-32(36)41-38(43)34-24-21-25-35(40-34)39-42-33-23-14-16-27-37(33)44(39)29-18-10-6-2-4-8-12-20-31-46/h13-16,21-27,45-46H,1-12,17-20,28-31H2. The average molecular weight is 656 g/mol. The van der Waals surface area contributed by atoms with E-state index in [1.54, 1.807) is 0 Å². The van der Waals surface area contributed by atoms with Crippen molar-refractivity contribution in [1.82, 2.24) is 24.1 Å². The maximum atomic E-state index is 5.23. The van der Waals surface area contributed by atoms with Gasteiger partial charge in [-0.15, -0.1) is 0 Å². The minimum atomic E-state index is 0.911. The number of aryl methyl sites for hydroxylation is 2. The lowest BCUT2D eigenvalue weighted by Gasteiger charge is -2.12. The molecule has 0 fully saturated rings. The summed E-state index contributed by atoms with van der Waals surface area (Å²) in [5.74, 6) is 3.92. The number of fused-ring (bicyclic) bond motifs is 2. The highest BCUT2D eigenvalue weighted by Gasteiger charge is 2.17. The molecule has 0 saturated carbocycles. The van der Waals surface area contributed by atoms with Gasteiger partial charge in [0.15, 0.2) is 11.6 Å². The summed E-state index contributed by atoms with van der Waals surface area (Å²) in [7, 11) is 0. The summed E-state index contributed by atoms with van der Waals surface area (Å²) in [5.41, 5.74) is 6.25. The highest BCUT2D eigenvalue weighted by molar-refractivity contribution is 7.80. The van der Waals surface area contributed by atoms with Crippen molar-refractivity contribution in [3.63, 3.8) is 0 Å².